The molecule has 1 aromatic carbocycles. The van der Waals surface area contributed by atoms with Gasteiger partial charge in [-0.2, -0.15) is 5.10 Å². The first-order valence-electron chi connectivity index (χ1n) is 8.30. The fourth-order valence-electron chi connectivity index (χ4n) is 2.83. The van der Waals surface area contributed by atoms with E-state index < -0.39 is 0 Å². The molecule has 138 valence electrons. The van der Waals surface area contributed by atoms with Crippen molar-refractivity contribution in [3.63, 3.8) is 0 Å². The Kier molecular flexibility index (Phi) is 7.20. The van der Waals surface area contributed by atoms with E-state index in [1.54, 1.807) is 4.90 Å². The van der Waals surface area contributed by atoms with Gasteiger partial charge in [0.1, 0.15) is 0 Å². The van der Waals surface area contributed by atoms with Gasteiger partial charge in [0.2, 0.25) is 5.91 Å². The summed E-state index contributed by atoms with van der Waals surface area (Å²) in [5.41, 5.74) is 9.61. The monoisotopic (exact) mass is 364 g/mol. The molecular weight excluding hydrogens is 336 g/mol. The third-order valence-corrected chi connectivity index (χ3v) is 4.41. The van der Waals surface area contributed by atoms with Crippen LogP contribution in [0.15, 0.2) is 30.3 Å². The lowest BCUT2D eigenvalue weighted by Gasteiger charge is -2.29. The Morgan fingerprint density at radius 2 is 1.84 bits per heavy atom. The first kappa shape index (κ1) is 21.2. The molecular formula is C19H29ClN4O. The number of nitrogens with two attached hydrogens (primary N) is 1. The Hall–Kier alpha value is -1.85. The van der Waals surface area contributed by atoms with Gasteiger partial charge in [0.25, 0.3) is 0 Å². The van der Waals surface area contributed by atoms with E-state index in [1.807, 2.05) is 55.9 Å². The summed E-state index contributed by atoms with van der Waals surface area (Å²) in [5.74, 6) is 0.0929. The molecule has 25 heavy (non-hydrogen) atoms. The molecule has 1 amide bonds. The molecule has 0 atom stereocenters. The number of carbonyl (C=O) groups is 1. The van der Waals surface area contributed by atoms with E-state index in [0.717, 1.165) is 22.6 Å². The fourth-order valence-corrected chi connectivity index (χ4v) is 2.83. The van der Waals surface area contributed by atoms with E-state index >= 15 is 0 Å². The highest BCUT2D eigenvalue weighted by Gasteiger charge is 2.23. The highest BCUT2D eigenvalue weighted by atomic mass is 35.5. The summed E-state index contributed by atoms with van der Waals surface area (Å²) in [5, 5.41) is 4.61. The Morgan fingerprint density at radius 3 is 2.40 bits per heavy atom. The number of benzene rings is 1. The molecule has 0 aliphatic heterocycles. The second-order valence-electron chi connectivity index (χ2n) is 7.19. The van der Waals surface area contributed by atoms with Crippen molar-refractivity contribution >= 4 is 18.3 Å². The lowest BCUT2D eigenvalue weighted by molar-refractivity contribution is -0.130. The molecule has 1 aromatic heterocycles. The van der Waals surface area contributed by atoms with Crippen LogP contribution in [-0.4, -0.2) is 40.7 Å². The zero-order valence-corrected chi connectivity index (χ0v) is 16.6. The van der Waals surface area contributed by atoms with Gasteiger partial charge in [-0.25, -0.2) is 4.68 Å². The zero-order chi connectivity index (χ0) is 17.9. The van der Waals surface area contributed by atoms with Gasteiger partial charge >= 0.3 is 0 Å². The Labute approximate surface area is 156 Å². The molecule has 2 N–H and O–H groups in total. The highest BCUT2D eigenvalue weighted by Crippen LogP contribution is 2.20. The molecule has 0 saturated carbocycles. The maximum atomic E-state index is 12.6. The standard InChI is InChI=1S/C19H28N4O.ClH/c1-14-17(11-18(24)22(5)13-19(3,4)12-20)15(2)23(21-14)16-9-7-6-8-10-16;/h6-10H,11-13,20H2,1-5H3;1H. The number of carbonyl (C=O) groups excluding carboxylic acids is 1. The summed E-state index contributed by atoms with van der Waals surface area (Å²) in [7, 11) is 1.84. The number of para-hydroxylation sites is 1. The lowest BCUT2D eigenvalue weighted by atomic mass is 9.93. The van der Waals surface area contributed by atoms with Gasteiger partial charge in [-0.3, -0.25) is 4.79 Å². The number of aryl methyl sites for hydroxylation is 1. The smallest absolute Gasteiger partial charge is 0.226 e. The summed E-state index contributed by atoms with van der Waals surface area (Å²) >= 11 is 0. The van der Waals surface area contributed by atoms with Crippen LogP contribution in [0, 0.1) is 19.3 Å². The number of halogens is 1. The summed E-state index contributed by atoms with van der Waals surface area (Å²) in [6, 6.07) is 9.98. The van der Waals surface area contributed by atoms with E-state index in [4.69, 9.17) is 5.73 Å². The van der Waals surface area contributed by atoms with E-state index in [-0.39, 0.29) is 23.7 Å². The van der Waals surface area contributed by atoms with Crippen molar-refractivity contribution in [2.24, 2.45) is 11.1 Å². The van der Waals surface area contributed by atoms with Gasteiger partial charge in [-0.05, 0) is 37.9 Å². The predicted molar refractivity (Wildman–Crippen MR) is 104 cm³/mol. The number of nitrogens with zero attached hydrogens (tertiary/aromatic N) is 3. The molecule has 0 fully saturated rings. The van der Waals surface area contributed by atoms with Gasteiger partial charge in [0.05, 0.1) is 17.8 Å². The van der Waals surface area contributed by atoms with E-state index in [0.29, 0.717) is 19.5 Å². The quantitative estimate of drug-likeness (QED) is 0.857. The van der Waals surface area contributed by atoms with Crippen LogP contribution in [0.4, 0.5) is 0 Å². The Bertz CT molecular complexity index is 710. The van der Waals surface area contributed by atoms with Crippen molar-refractivity contribution in [3.8, 4) is 5.69 Å². The molecule has 0 saturated heterocycles. The highest BCUT2D eigenvalue weighted by molar-refractivity contribution is 5.85. The Balaban J connectivity index is 0.00000312. The molecule has 2 rings (SSSR count). The number of amides is 1. The molecule has 2 aromatic rings. The zero-order valence-electron chi connectivity index (χ0n) is 15.7. The van der Waals surface area contributed by atoms with E-state index in [2.05, 4.69) is 18.9 Å². The average Bonchev–Trinajstić information content (AvgIpc) is 2.83. The van der Waals surface area contributed by atoms with Crippen LogP contribution in [0.5, 0.6) is 0 Å². The number of rotatable bonds is 6. The predicted octanol–water partition coefficient (Wildman–Crippen LogP) is 2.90. The topological polar surface area (TPSA) is 64.2 Å². The molecule has 1 heterocycles. The maximum Gasteiger partial charge on any atom is 0.226 e. The number of hydrogen-bond donors (Lipinski definition) is 1. The van der Waals surface area contributed by atoms with Crippen LogP contribution in [0.1, 0.15) is 30.8 Å². The molecule has 0 aliphatic rings. The summed E-state index contributed by atoms with van der Waals surface area (Å²) in [6.45, 7) is 9.31. The van der Waals surface area contributed by atoms with Crippen molar-refractivity contribution < 1.29 is 4.79 Å². The molecule has 0 spiro atoms. The SMILES string of the molecule is Cc1nn(-c2ccccc2)c(C)c1CC(=O)N(C)CC(C)(C)CN.Cl. The van der Waals surface area contributed by atoms with Crippen LogP contribution in [-0.2, 0) is 11.2 Å². The van der Waals surface area contributed by atoms with Crippen LogP contribution in [0.25, 0.3) is 5.69 Å². The summed E-state index contributed by atoms with van der Waals surface area (Å²) < 4.78 is 1.90. The second-order valence-corrected chi connectivity index (χ2v) is 7.19. The second kappa shape index (κ2) is 8.50. The van der Waals surface area contributed by atoms with E-state index in [9.17, 15) is 4.79 Å². The third-order valence-electron chi connectivity index (χ3n) is 4.41. The lowest BCUT2D eigenvalue weighted by Crippen LogP contribution is -2.40. The average molecular weight is 365 g/mol. The number of likely N-dealkylation sites (N-methyl/N-ethyl adjacent to an activating group) is 1. The normalized spacial score (nSPS) is 11.1. The summed E-state index contributed by atoms with van der Waals surface area (Å²) in [6.07, 6.45) is 0.363. The van der Waals surface area contributed by atoms with E-state index in [1.165, 1.54) is 0 Å². The molecule has 0 aliphatic carbocycles. The first-order valence-corrected chi connectivity index (χ1v) is 8.30. The van der Waals surface area contributed by atoms with Crippen molar-refractivity contribution in [2.45, 2.75) is 34.1 Å². The minimum absolute atomic E-state index is 0. The molecule has 0 radical (unpaired) electrons. The van der Waals surface area contributed by atoms with Crippen molar-refractivity contribution in [2.75, 3.05) is 20.1 Å². The van der Waals surface area contributed by atoms with Crippen LogP contribution in [0.3, 0.4) is 0 Å². The van der Waals surface area contributed by atoms with Gasteiger partial charge in [-0.1, -0.05) is 32.0 Å². The maximum absolute atomic E-state index is 12.6. The molecule has 6 heteroatoms. The molecule has 0 bridgehead atoms. The molecule has 0 unspecified atom stereocenters. The summed E-state index contributed by atoms with van der Waals surface area (Å²) in [4.78, 5) is 14.4. The fraction of sp³-hybridized carbons (Fsp3) is 0.474. The van der Waals surface area contributed by atoms with Gasteiger partial charge in [0, 0.05) is 24.8 Å². The third kappa shape index (κ3) is 5.06. The first-order chi connectivity index (χ1) is 11.2. The minimum atomic E-state index is -0.0806. The minimum Gasteiger partial charge on any atom is -0.345 e. The Morgan fingerprint density at radius 1 is 1.24 bits per heavy atom. The van der Waals surface area contributed by atoms with Gasteiger partial charge in [-0.15, -0.1) is 12.4 Å². The number of hydrogen-bond acceptors (Lipinski definition) is 3. The van der Waals surface area contributed by atoms with Gasteiger partial charge < -0.3 is 10.6 Å². The largest absolute Gasteiger partial charge is 0.345 e. The van der Waals surface area contributed by atoms with Crippen molar-refractivity contribution in [1.29, 1.82) is 0 Å². The van der Waals surface area contributed by atoms with Crippen LogP contribution in [0.2, 0.25) is 0 Å². The van der Waals surface area contributed by atoms with Crippen LogP contribution >= 0.6 is 12.4 Å². The van der Waals surface area contributed by atoms with Gasteiger partial charge in [0.15, 0.2) is 0 Å². The van der Waals surface area contributed by atoms with Crippen molar-refractivity contribution in [1.82, 2.24) is 14.7 Å². The number of aromatic nitrogens is 2. The van der Waals surface area contributed by atoms with Crippen LogP contribution < -0.4 is 5.73 Å². The molecule has 5 nitrogen and oxygen atoms in total. The van der Waals surface area contributed by atoms with Crippen molar-refractivity contribution in [3.05, 3.63) is 47.3 Å².